The molecular formula is C26H32N4O2S. The molecule has 174 valence electrons. The normalized spacial score (nSPS) is 18.3. The molecule has 0 saturated carbocycles. The van der Waals surface area contributed by atoms with Crippen LogP contribution in [0.25, 0.3) is 22.0 Å². The van der Waals surface area contributed by atoms with Gasteiger partial charge in [0, 0.05) is 17.5 Å². The van der Waals surface area contributed by atoms with Gasteiger partial charge >= 0.3 is 0 Å². The number of nitrogens with two attached hydrogens (primary N) is 1. The van der Waals surface area contributed by atoms with Gasteiger partial charge in [-0.1, -0.05) is 63.2 Å². The van der Waals surface area contributed by atoms with Crippen molar-refractivity contribution in [3.8, 4) is 11.3 Å². The van der Waals surface area contributed by atoms with Crippen LogP contribution in [0.1, 0.15) is 51.6 Å². The smallest absolute Gasteiger partial charge is 0.246 e. The Morgan fingerprint density at radius 3 is 2.64 bits per heavy atom. The van der Waals surface area contributed by atoms with E-state index < -0.39 is 17.5 Å². The zero-order chi connectivity index (χ0) is 23.8. The van der Waals surface area contributed by atoms with Crippen molar-refractivity contribution in [2.45, 2.75) is 58.7 Å². The minimum absolute atomic E-state index is 0.0686. The zero-order valence-corrected chi connectivity index (χ0v) is 20.5. The fraction of sp³-hybridized carbons (Fsp3) is 0.423. The molecule has 3 aromatic rings. The number of hydrogen-bond donors (Lipinski definition) is 2. The first kappa shape index (κ1) is 23.4. The molecule has 0 bridgehead atoms. The lowest BCUT2D eigenvalue weighted by Gasteiger charge is -2.35. The van der Waals surface area contributed by atoms with Crippen molar-refractivity contribution in [1.82, 2.24) is 15.2 Å². The molecule has 3 atom stereocenters. The van der Waals surface area contributed by atoms with Crippen molar-refractivity contribution in [3.05, 3.63) is 52.9 Å². The summed E-state index contributed by atoms with van der Waals surface area (Å²) in [7, 11) is 0. The van der Waals surface area contributed by atoms with Gasteiger partial charge < -0.3 is 16.0 Å². The number of rotatable bonds is 5. The van der Waals surface area contributed by atoms with Crippen LogP contribution in [0.4, 0.5) is 0 Å². The van der Waals surface area contributed by atoms with Crippen molar-refractivity contribution < 1.29 is 9.59 Å². The molecule has 7 heteroatoms. The third kappa shape index (κ3) is 4.80. The summed E-state index contributed by atoms with van der Waals surface area (Å²) in [6, 6.07) is 13.2. The maximum Gasteiger partial charge on any atom is 0.246 e. The van der Waals surface area contributed by atoms with Crippen LogP contribution in [-0.4, -0.2) is 40.3 Å². The van der Waals surface area contributed by atoms with Gasteiger partial charge in [0.2, 0.25) is 11.8 Å². The Bertz CT molecular complexity index is 1160. The van der Waals surface area contributed by atoms with E-state index in [9.17, 15) is 9.59 Å². The number of aromatic nitrogens is 1. The Morgan fingerprint density at radius 1 is 1.18 bits per heavy atom. The van der Waals surface area contributed by atoms with Gasteiger partial charge in [0.15, 0.2) is 0 Å². The number of nitrogens with zero attached hydrogens (tertiary/aromatic N) is 2. The third-order valence-electron chi connectivity index (χ3n) is 6.22. The van der Waals surface area contributed by atoms with Crippen molar-refractivity contribution in [1.29, 1.82) is 0 Å². The van der Waals surface area contributed by atoms with Crippen LogP contribution in [0.3, 0.4) is 0 Å². The van der Waals surface area contributed by atoms with E-state index >= 15 is 0 Å². The average Bonchev–Trinajstić information content (AvgIpc) is 3.45. The molecule has 1 aromatic heterocycles. The van der Waals surface area contributed by atoms with Gasteiger partial charge in [0.25, 0.3) is 0 Å². The Balaban J connectivity index is 1.61. The molecule has 0 aliphatic carbocycles. The van der Waals surface area contributed by atoms with Gasteiger partial charge in [-0.05, 0) is 36.0 Å². The first-order valence-electron chi connectivity index (χ1n) is 11.5. The lowest BCUT2D eigenvalue weighted by Crippen LogP contribution is -2.57. The fourth-order valence-corrected chi connectivity index (χ4v) is 5.35. The van der Waals surface area contributed by atoms with Crippen LogP contribution in [0.2, 0.25) is 0 Å². The molecule has 2 heterocycles. The van der Waals surface area contributed by atoms with E-state index in [2.05, 4.69) is 41.0 Å². The third-order valence-corrected chi connectivity index (χ3v) is 7.17. The molecular weight excluding hydrogens is 432 g/mol. The van der Waals surface area contributed by atoms with Gasteiger partial charge in [-0.3, -0.25) is 9.59 Å². The van der Waals surface area contributed by atoms with Crippen LogP contribution in [-0.2, 0) is 9.59 Å². The summed E-state index contributed by atoms with van der Waals surface area (Å²) in [5.41, 5.74) is 7.35. The van der Waals surface area contributed by atoms with E-state index in [1.165, 1.54) is 10.8 Å². The SMILES string of the molecule is C[C@H](N)C(=O)N[C@H](C(=O)N1CCCC1c1nc(-c2cccc3ccccc23)cs1)C(C)(C)C. The molecule has 1 unspecified atom stereocenters. The van der Waals surface area contributed by atoms with Gasteiger partial charge in [-0.2, -0.15) is 0 Å². The molecule has 0 radical (unpaired) electrons. The number of carbonyl (C=O) groups is 2. The van der Waals surface area contributed by atoms with Crippen LogP contribution in [0.15, 0.2) is 47.8 Å². The van der Waals surface area contributed by atoms with E-state index in [1.807, 2.05) is 37.8 Å². The monoisotopic (exact) mass is 464 g/mol. The summed E-state index contributed by atoms with van der Waals surface area (Å²) in [6.45, 7) is 8.17. The second-order valence-corrected chi connectivity index (χ2v) is 10.8. The highest BCUT2D eigenvalue weighted by molar-refractivity contribution is 7.10. The molecule has 1 aliphatic rings. The molecule has 6 nitrogen and oxygen atoms in total. The summed E-state index contributed by atoms with van der Waals surface area (Å²) in [5, 5.41) is 8.25. The predicted molar refractivity (Wildman–Crippen MR) is 134 cm³/mol. The van der Waals surface area contributed by atoms with Crippen molar-refractivity contribution in [2.24, 2.45) is 11.1 Å². The second kappa shape index (κ2) is 9.23. The molecule has 1 fully saturated rings. The zero-order valence-electron chi connectivity index (χ0n) is 19.7. The van der Waals surface area contributed by atoms with Crippen LogP contribution >= 0.6 is 11.3 Å². The molecule has 3 N–H and O–H groups in total. The molecule has 1 saturated heterocycles. The van der Waals surface area contributed by atoms with Gasteiger partial charge in [0.05, 0.1) is 17.8 Å². The predicted octanol–water partition coefficient (Wildman–Crippen LogP) is 4.50. The number of likely N-dealkylation sites (tertiary alicyclic amines) is 1. The lowest BCUT2D eigenvalue weighted by atomic mass is 9.85. The Kier molecular flexibility index (Phi) is 6.54. The van der Waals surface area contributed by atoms with E-state index in [0.29, 0.717) is 6.54 Å². The molecule has 0 spiro atoms. The first-order chi connectivity index (χ1) is 15.7. The second-order valence-electron chi connectivity index (χ2n) is 9.88. The maximum atomic E-state index is 13.6. The van der Waals surface area contributed by atoms with Crippen LogP contribution < -0.4 is 11.1 Å². The summed E-state index contributed by atoms with van der Waals surface area (Å²) in [6.07, 6.45) is 1.78. The summed E-state index contributed by atoms with van der Waals surface area (Å²) in [5.74, 6) is -0.382. The highest BCUT2D eigenvalue weighted by Gasteiger charge is 2.41. The first-order valence-corrected chi connectivity index (χ1v) is 12.3. The minimum Gasteiger partial charge on any atom is -0.342 e. The Morgan fingerprint density at radius 2 is 1.91 bits per heavy atom. The van der Waals surface area contributed by atoms with E-state index in [0.717, 1.165) is 29.1 Å². The van der Waals surface area contributed by atoms with Gasteiger partial charge in [0.1, 0.15) is 11.0 Å². The highest BCUT2D eigenvalue weighted by atomic mass is 32.1. The summed E-state index contributed by atoms with van der Waals surface area (Å²) in [4.78, 5) is 32.8. The molecule has 4 rings (SSSR count). The topological polar surface area (TPSA) is 88.3 Å². The van der Waals surface area contributed by atoms with Crippen LogP contribution in [0.5, 0.6) is 0 Å². The number of carbonyl (C=O) groups excluding carboxylic acids is 2. The number of hydrogen-bond acceptors (Lipinski definition) is 5. The van der Waals surface area contributed by atoms with Crippen LogP contribution in [0, 0.1) is 5.41 Å². The Labute approximate surface area is 199 Å². The number of nitrogens with one attached hydrogen (secondary N) is 1. The molecule has 2 aromatic carbocycles. The average molecular weight is 465 g/mol. The van der Waals surface area contributed by atoms with Crippen molar-refractivity contribution >= 4 is 33.9 Å². The molecule has 2 amide bonds. The standard InChI is InChI=1S/C26H32N4O2S/c1-16(27)23(31)29-22(26(2,3)4)25(32)30-14-8-13-21(30)24-28-20(15-33-24)19-12-7-10-17-9-5-6-11-18(17)19/h5-7,9-12,15-16,21-22H,8,13-14,27H2,1-4H3,(H,29,31)/t16-,21?,22+/m0/s1. The number of amides is 2. The lowest BCUT2D eigenvalue weighted by molar-refractivity contribution is -0.140. The number of thiazole rings is 1. The summed E-state index contributed by atoms with van der Waals surface area (Å²) >= 11 is 1.60. The minimum atomic E-state index is -0.667. The molecule has 1 aliphatic heterocycles. The van der Waals surface area contributed by atoms with E-state index in [-0.39, 0.29) is 17.9 Å². The quantitative estimate of drug-likeness (QED) is 0.582. The molecule has 33 heavy (non-hydrogen) atoms. The largest absolute Gasteiger partial charge is 0.342 e. The Hall–Kier alpha value is -2.77. The highest BCUT2D eigenvalue weighted by Crippen LogP contribution is 2.38. The summed E-state index contributed by atoms with van der Waals surface area (Å²) < 4.78 is 0. The van der Waals surface area contributed by atoms with Gasteiger partial charge in [-0.15, -0.1) is 11.3 Å². The number of benzene rings is 2. The van der Waals surface area contributed by atoms with E-state index in [4.69, 9.17) is 10.7 Å². The van der Waals surface area contributed by atoms with E-state index in [1.54, 1.807) is 18.3 Å². The van der Waals surface area contributed by atoms with Crippen molar-refractivity contribution in [2.75, 3.05) is 6.54 Å². The fourth-order valence-electron chi connectivity index (χ4n) is 4.39. The number of fused-ring (bicyclic) bond motifs is 1. The van der Waals surface area contributed by atoms with Crippen molar-refractivity contribution in [3.63, 3.8) is 0 Å². The van der Waals surface area contributed by atoms with Gasteiger partial charge in [-0.25, -0.2) is 4.98 Å². The maximum absolute atomic E-state index is 13.6.